The number of piperidine rings is 1. The number of carbonyl (C=O) groups excluding carboxylic acids is 1. The molecule has 0 aromatic heterocycles. The van der Waals surface area contributed by atoms with Gasteiger partial charge in [0.25, 0.3) is 5.91 Å². The van der Waals surface area contributed by atoms with Crippen LogP contribution >= 0.6 is 0 Å². The molecule has 23 heavy (non-hydrogen) atoms. The first-order chi connectivity index (χ1) is 11.3. The van der Waals surface area contributed by atoms with Gasteiger partial charge in [-0.25, -0.2) is 0 Å². The van der Waals surface area contributed by atoms with Gasteiger partial charge in [0.15, 0.2) is 6.61 Å². The Bertz CT molecular complexity index is 633. The van der Waals surface area contributed by atoms with Gasteiger partial charge in [0.2, 0.25) is 0 Å². The van der Waals surface area contributed by atoms with Crippen molar-refractivity contribution in [2.75, 3.05) is 19.7 Å². The Morgan fingerprint density at radius 1 is 0.913 bits per heavy atom. The molecular weight excluding hydrogens is 286 g/mol. The first-order valence-corrected chi connectivity index (χ1v) is 8.35. The van der Waals surface area contributed by atoms with Gasteiger partial charge in [-0.15, -0.1) is 0 Å². The number of hydrogen-bond acceptors (Lipinski definition) is 2. The van der Waals surface area contributed by atoms with Crippen molar-refractivity contribution in [3.05, 3.63) is 65.7 Å². The Morgan fingerprint density at radius 3 is 2.39 bits per heavy atom. The van der Waals surface area contributed by atoms with Gasteiger partial charge in [0.05, 0.1) is 0 Å². The number of hydrogen-bond donors (Lipinski definition) is 0. The van der Waals surface area contributed by atoms with E-state index >= 15 is 0 Å². The molecule has 120 valence electrons. The van der Waals surface area contributed by atoms with Gasteiger partial charge in [-0.2, -0.15) is 0 Å². The Hall–Kier alpha value is -2.29. The van der Waals surface area contributed by atoms with Gasteiger partial charge in [0.1, 0.15) is 5.75 Å². The van der Waals surface area contributed by atoms with Gasteiger partial charge in [-0.3, -0.25) is 4.79 Å². The molecule has 0 N–H and O–H groups in total. The van der Waals surface area contributed by atoms with Crippen LogP contribution < -0.4 is 4.74 Å². The van der Waals surface area contributed by atoms with Crippen LogP contribution in [0.5, 0.6) is 5.75 Å². The fourth-order valence-corrected chi connectivity index (χ4v) is 2.98. The molecule has 0 saturated carbocycles. The molecule has 3 nitrogen and oxygen atoms in total. The van der Waals surface area contributed by atoms with Crippen LogP contribution in [0.2, 0.25) is 0 Å². The molecule has 0 atom stereocenters. The highest BCUT2D eigenvalue weighted by Gasteiger charge is 2.17. The molecule has 0 unspecified atom stereocenters. The number of amides is 1. The normalized spacial score (nSPS) is 14.5. The second kappa shape index (κ2) is 7.82. The van der Waals surface area contributed by atoms with Crippen molar-refractivity contribution in [2.24, 2.45) is 0 Å². The minimum absolute atomic E-state index is 0.0965. The van der Waals surface area contributed by atoms with E-state index in [1.54, 1.807) is 0 Å². The van der Waals surface area contributed by atoms with E-state index in [-0.39, 0.29) is 12.5 Å². The SMILES string of the molecule is O=C(COc1ccccc1Cc1ccccc1)N1CCCCC1. The summed E-state index contributed by atoms with van der Waals surface area (Å²) in [5.41, 5.74) is 2.36. The summed E-state index contributed by atoms with van der Waals surface area (Å²) in [6, 6.07) is 18.3. The zero-order chi connectivity index (χ0) is 15.9. The van der Waals surface area contributed by atoms with Gasteiger partial charge in [-0.05, 0) is 36.5 Å². The number of nitrogens with zero attached hydrogens (tertiary/aromatic N) is 1. The molecule has 1 fully saturated rings. The fourth-order valence-electron chi connectivity index (χ4n) is 2.98. The van der Waals surface area contributed by atoms with Crippen molar-refractivity contribution in [2.45, 2.75) is 25.7 Å². The minimum Gasteiger partial charge on any atom is -0.483 e. The minimum atomic E-state index is 0.0965. The van der Waals surface area contributed by atoms with E-state index in [1.807, 2.05) is 41.3 Å². The van der Waals surface area contributed by atoms with Crippen molar-refractivity contribution in [1.82, 2.24) is 4.90 Å². The van der Waals surface area contributed by atoms with Crippen molar-refractivity contribution in [3.8, 4) is 5.75 Å². The maximum Gasteiger partial charge on any atom is 0.260 e. The maximum absolute atomic E-state index is 12.2. The van der Waals surface area contributed by atoms with Crippen LogP contribution in [0.3, 0.4) is 0 Å². The highest BCUT2D eigenvalue weighted by Crippen LogP contribution is 2.21. The topological polar surface area (TPSA) is 29.5 Å². The predicted octanol–water partition coefficient (Wildman–Crippen LogP) is 3.67. The highest BCUT2D eigenvalue weighted by molar-refractivity contribution is 5.77. The number of para-hydroxylation sites is 1. The summed E-state index contributed by atoms with van der Waals surface area (Å²) < 4.78 is 5.83. The van der Waals surface area contributed by atoms with E-state index in [2.05, 4.69) is 18.2 Å². The Balaban J connectivity index is 1.62. The lowest BCUT2D eigenvalue weighted by Gasteiger charge is -2.26. The van der Waals surface area contributed by atoms with E-state index in [9.17, 15) is 4.79 Å². The van der Waals surface area contributed by atoms with E-state index in [1.165, 1.54) is 12.0 Å². The average Bonchev–Trinajstić information content (AvgIpc) is 2.62. The Morgan fingerprint density at radius 2 is 1.61 bits per heavy atom. The standard InChI is InChI=1S/C20H23NO2/c22-20(21-13-7-2-8-14-21)16-23-19-12-6-5-11-18(19)15-17-9-3-1-4-10-17/h1,3-6,9-12H,2,7-8,13-16H2. The summed E-state index contributed by atoms with van der Waals surface area (Å²) >= 11 is 0. The molecule has 0 radical (unpaired) electrons. The van der Waals surface area contributed by atoms with Crippen LogP contribution in [0.1, 0.15) is 30.4 Å². The molecule has 1 aliphatic rings. The fraction of sp³-hybridized carbons (Fsp3) is 0.350. The lowest BCUT2D eigenvalue weighted by atomic mass is 10.0. The zero-order valence-corrected chi connectivity index (χ0v) is 13.4. The molecule has 0 spiro atoms. The van der Waals surface area contributed by atoms with Crippen LogP contribution in [0.15, 0.2) is 54.6 Å². The summed E-state index contributed by atoms with van der Waals surface area (Å²) in [4.78, 5) is 14.2. The second-order valence-corrected chi connectivity index (χ2v) is 6.00. The summed E-state index contributed by atoms with van der Waals surface area (Å²) in [6.07, 6.45) is 4.26. The average molecular weight is 309 g/mol. The summed E-state index contributed by atoms with van der Waals surface area (Å²) in [5.74, 6) is 0.904. The predicted molar refractivity (Wildman–Crippen MR) is 91.6 cm³/mol. The van der Waals surface area contributed by atoms with Crippen molar-refractivity contribution >= 4 is 5.91 Å². The van der Waals surface area contributed by atoms with E-state index in [0.29, 0.717) is 0 Å². The third-order valence-electron chi connectivity index (χ3n) is 4.27. The number of rotatable bonds is 5. The molecule has 0 aliphatic carbocycles. The van der Waals surface area contributed by atoms with Crippen molar-refractivity contribution in [1.29, 1.82) is 0 Å². The lowest BCUT2D eigenvalue weighted by molar-refractivity contribution is -0.134. The van der Waals surface area contributed by atoms with Crippen LogP contribution in [-0.2, 0) is 11.2 Å². The summed E-state index contributed by atoms with van der Waals surface area (Å²) in [5, 5.41) is 0. The molecule has 3 rings (SSSR count). The molecule has 2 aromatic rings. The molecule has 2 aromatic carbocycles. The molecule has 1 saturated heterocycles. The second-order valence-electron chi connectivity index (χ2n) is 6.00. The van der Waals surface area contributed by atoms with Crippen LogP contribution in [0.25, 0.3) is 0 Å². The first kappa shape index (κ1) is 15.6. The third kappa shape index (κ3) is 4.35. The van der Waals surface area contributed by atoms with Crippen molar-refractivity contribution < 1.29 is 9.53 Å². The number of benzene rings is 2. The number of ether oxygens (including phenoxy) is 1. The quantitative estimate of drug-likeness (QED) is 0.843. The van der Waals surface area contributed by atoms with E-state index in [0.717, 1.165) is 43.7 Å². The largest absolute Gasteiger partial charge is 0.483 e. The highest BCUT2D eigenvalue weighted by atomic mass is 16.5. The smallest absolute Gasteiger partial charge is 0.260 e. The Kier molecular flexibility index (Phi) is 5.30. The first-order valence-electron chi connectivity index (χ1n) is 8.35. The van der Waals surface area contributed by atoms with Crippen LogP contribution in [0.4, 0.5) is 0 Å². The van der Waals surface area contributed by atoms with E-state index < -0.39 is 0 Å². The van der Waals surface area contributed by atoms with Gasteiger partial charge in [-0.1, -0.05) is 48.5 Å². The summed E-state index contributed by atoms with van der Waals surface area (Å²) in [6.45, 7) is 1.87. The third-order valence-corrected chi connectivity index (χ3v) is 4.27. The molecular formula is C20H23NO2. The van der Waals surface area contributed by atoms with Gasteiger partial charge >= 0.3 is 0 Å². The van der Waals surface area contributed by atoms with Gasteiger partial charge < -0.3 is 9.64 Å². The molecule has 0 bridgehead atoms. The lowest BCUT2D eigenvalue weighted by Crippen LogP contribution is -2.38. The van der Waals surface area contributed by atoms with E-state index in [4.69, 9.17) is 4.74 Å². The number of likely N-dealkylation sites (tertiary alicyclic amines) is 1. The summed E-state index contributed by atoms with van der Waals surface area (Å²) in [7, 11) is 0. The Labute approximate surface area is 137 Å². The molecule has 1 heterocycles. The maximum atomic E-state index is 12.2. The zero-order valence-electron chi connectivity index (χ0n) is 13.4. The van der Waals surface area contributed by atoms with Crippen LogP contribution in [0, 0.1) is 0 Å². The molecule has 1 amide bonds. The monoisotopic (exact) mass is 309 g/mol. The molecule has 3 heteroatoms. The van der Waals surface area contributed by atoms with Gasteiger partial charge in [0, 0.05) is 19.5 Å². The molecule has 1 aliphatic heterocycles. The van der Waals surface area contributed by atoms with Crippen LogP contribution in [-0.4, -0.2) is 30.5 Å². The number of carbonyl (C=O) groups is 1. The van der Waals surface area contributed by atoms with Crippen molar-refractivity contribution in [3.63, 3.8) is 0 Å².